The number of hydrogen-bond acceptors (Lipinski definition) is 5. The molecule has 2 unspecified atom stereocenters. The molecule has 0 radical (unpaired) electrons. The summed E-state index contributed by atoms with van der Waals surface area (Å²) in [5.41, 5.74) is 2.33. The summed E-state index contributed by atoms with van der Waals surface area (Å²) in [5, 5.41) is 13.1. The Bertz CT molecular complexity index is 503. The third kappa shape index (κ3) is 4.04. The Kier molecular flexibility index (Phi) is 5.21. The lowest BCUT2D eigenvalue weighted by Crippen LogP contribution is -2.50. The third-order valence-corrected chi connectivity index (χ3v) is 4.71. The quantitative estimate of drug-likeness (QED) is 0.836. The molecule has 2 aliphatic heterocycles. The lowest BCUT2D eigenvalue weighted by molar-refractivity contribution is -0.128. The summed E-state index contributed by atoms with van der Waals surface area (Å²) in [6.07, 6.45) is 0.562. The maximum absolute atomic E-state index is 9.56. The molecule has 0 amide bonds. The maximum Gasteiger partial charge on any atom is 0.0678 e. The smallest absolute Gasteiger partial charge is 0.0678 e. The van der Waals surface area contributed by atoms with Crippen LogP contribution in [0.25, 0.3) is 0 Å². The number of para-hydroxylation sites is 1. The van der Waals surface area contributed by atoms with Gasteiger partial charge in [-0.2, -0.15) is 0 Å². The zero-order valence-corrected chi connectivity index (χ0v) is 14.1. The molecule has 2 fully saturated rings. The molecule has 2 heterocycles. The van der Waals surface area contributed by atoms with E-state index in [2.05, 4.69) is 48.3 Å². The first-order valence-electron chi connectivity index (χ1n) is 8.48. The van der Waals surface area contributed by atoms with Crippen LogP contribution in [0.3, 0.4) is 0 Å². The van der Waals surface area contributed by atoms with Crippen LogP contribution in [0.15, 0.2) is 24.3 Å². The molecule has 0 aliphatic carbocycles. The molecule has 0 aromatic heterocycles. The number of ether oxygens (including phenoxy) is 2. The van der Waals surface area contributed by atoms with Crippen LogP contribution < -0.4 is 5.32 Å². The van der Waals surface area contributed by atoms with Gasteiger partial charge >= 0.3 is 0 Å². The fraction of sp³-hybridized carbons (Fsp3) is 0.667. The Morgan fingerprint density at radius 2 is 1.91 bits per heavy atom. The first kappa shape index (κ1) is 16.7. The van der Waals surface area contributed by atoms with Gasteiger partial charge in [-0.1, -0.05) is 18.2 Å². The van der Waals surface area contributed by atoms with Gasteiger partial charge in [-0.3, -0.25) is 4.90 Å². The van der Waals surface area contributed by atoms with Crippen molar-refractivity contribution in [2.45, 2.75) is 32.6 Å². The summed E-state index contributed by atoms with van der Waals surface area (Å²) in [5.74, 6) is 0. The summed E-state index contributed by atoms with van der Waals surface area (Å²) >= 11 is 0. The first-order valence-corrected chi connectivity index (χ1v) is 8.48. The molecule has 3 rings (SSSR count). The Morgan fingerprint density at radius 1 is 1.22 bits per heavy atom. The number of morpholine rings is 1. The number of aliphatic hydroxyl groups excluding tert-OH is 1. The monoisotopic (exact) mass is 320 g/mol. The molecule has 2 aliphatic rings. The number of hydrogen-bond donors (Lipinski definition) is 2. The second-order valence-electron chi connectivity index (χ2n) is 7.11. The number of nitrogens with zero attached hydrogens (tertiary/aromatic N) is 1. The summed E-state index contributed by atoms with van der Waals surface area (Å²) < 4.78 is 11.1. The molecule has 0 saturated carbocycles. The van der Waals surface area contributed by atoms with Crippen molar-refractivity contribution >= 4 is 5.69 Å². The molecule has 2 saturated heterocycles. The highest BCUT2D eigenvalue weighted by atomic mass is 16.5. The van der Waals surface area contributed by atoms with Gasteiger partial charge in [0.05, 0.1) is 37.4 Å². The molecule has 2 N–H and O–H groups in total. The number of nitrogens with one attached hydrogen (secondary N) is 1. The molecule has 0 bridgehead atoms. The van der Waals surface area contributed by atoms with Gasteiger partial charge in [0.25, 0.3) is 0 Å². The van der Waals surface area contributed by atoms with Gasteiger partial charge in [0.15, 0.2) is 0 Å². The van der Waals surface area contributed by atoms with E-state index in [9.17, 15) is 5.11 Å². The Morgan fingerprint density at radius 3 is 2.52 bits per heavy atom. The van der Waals surface area contributed by atoms with Crippen molar-refractivity contribution in [3.63, 3.8) is 0 Å². The minimum Gasteiger partial charge on any atom is -0.396 e. The van der Waals surface area contributed by atoms with Gasteiger partial charge in [-0.15, -0.1) is 0 Å². The van der Waals surface area contributed by atoms with E-state index >= 15 is 0 Å². The predicted octanol–water partition coefficient (Wildman–Crippen LogP) is 1.72. The normalized spacial score (nSPS) is 27.4. The van der Waals surface area contributed by atoms with Crippen LogP contribution in [-0.4, -0.2) is 61.7 Å². The van der Waals surface area contributed by atoms with Crippen molar-refractivity contribution in [2.75, 3.05) is 44.8 Å². The standard InChI is InChI=1S/C18H28N2O3/c1-14-7-20(8-15(2)23-14)9-16-5-3-4-6-17(16)19-10-18(11-21)12-22-13-18/h3-6,14-15,19,21H,7-13H2,1-2H3. The van der Waals surface area contributed by atoms with E-state index in [1.807, 2.05) is 0 Å². The second-order valence-corrected chi connectivity index (χ2v) is 7.11. The zero-order chi connectivity index (χ0) is 16.3. The van der Waals surface area contributed by atoms with E-state index in [0.29, 0.717) is 13.2 Å². The number of benzene rings is 1. The van der Waals surface area contributed by atoms with Crippen molar-refractivity contribution in [2.24, 2.45) is 5.41 Å². The van der Waals surface area contributed by atoms with Crippen LogP contribution in [0.5, 0.6) is 0 Å². The summed E-state index contributed by atoms with van der Waals surface area (Å²) in [6.45, 7) is 9.30. The average Bonchev–Trinajstić information content (AvgIpc) is 2.47. The largest absolute Gasteiger partial charge is 0.396 e. The molecule has 1 aromatic carbocycles. The van der Waals surface area contributed by atoms with E-state index in [-0.39, 0.29) is 24.2 Å². The highest BCUT2D eigenvalue weighted by Crippen LogP contribution is 2.28. The third-order valence-electron chi connectivity index (χ3n) is 4.71. The van der Waals surface area contributed by atoms with Crippen molar-refractivity contribution < 1.29 is 14.6 Å². The first-order chi connectivity index (χ1) is 11.1. The van der Waals surface area contributed by atoms with Crippen LogP contribution in [0.4, 0.5) is 5.69 Å². The van der Waals surface area contributed by atoms with Gasteiger partial charge in [0.2, 0.25) is 0 Å². The van der Waals surface area contributed by atoms with Gasteiger partial charge in [0.1, 0.15) is 0 Å². The van der Waals surface area contributed by atoms with Crippen LogP contribution in [0.2, 0.25) is 0 Å². The van der Waals surface area contributed by atoms with Crippen LogP contribution >= 0.6 is 0 Å². The van der Waals surface area contributed by atoms with E-state index in [1.165, 1.54) is 5.56 Å². The van der Waals surface area contributed by atoms with Crippen LogP contribution in [-0.2, 0) is 16.0 Å². The Labute approximate surface area is 138 Å². The molecule has 23 heavy (non-hydrogen) atoms. The fourth-order valence-corrected chi connectivity index (χ4v) is 3.41. The van der Waals surface area contributed by atoms with Crippen LogP contribution in [0.1, 0.15) is 19.4 Å². The Hall–Kier alpha value is -1.14. The van der Waals surface area contributed by atoms with Gasteiger partial charge < -0.3 is 19.9 Å². The van der Waals surface area contributed by atoms with Gasteiger partial charge in [-0.05, 0) is 25.5 Å². The summed E-state index contributed by atoms with van der Waals surface area (Å²) in [4.78, 5) is 2.45. The van der Waals surface area contributed by atoms with Gasteiger partial charge in [-0.25, -0.2) is 0 Å². The van der Waals surface area contributed by atoms with Crippen molar-refractivity contribution in [1.29, 1.82) is 0 Å². The SMILES string of the molecule is CC1CN(Cc2ccccc2NCC2(CO)COC2)CC(C)O1. The molecule has 5 nitrogen and oxygen atoms in total. The number of aliphatic hydroxyl groups is 1. The highest BCUT2D eigenvalue weighted by molar-refractivity contribution is 5.51. The Balaban J connectivity index is 1.63. The fourth-order valence-electron chi connectivity index (χ4n) is 3.41. The molecule has 5 heteroatoms. The van der Waals surface area contributed by atoms with E-state index in [1.54, 1.807) is 0 Å². The lowest BCUT2D eigenvalue weighted by atomic mass is 9.87. The van der Waals surface area contributed by atoms with Crippen molar-refractivity contribution in [1.82, 2.24) is 4.90 Å². The maximum atomic E-state index is 9.56. The van der Waals surface area contributed by atoms with Crippen molar-refractivity contribution in [3.05, 3.63) is 29.8 Å². The minimum atomic E-state index is -0.116. The summed E-state index contributed by atoms with van der Waals surface area (Å²) in [6, 6.07) is 8.44. The van der Waals surface area contributed by atoms with E-state index < -0.39 is 0 Å². The van der Waals surface area contributed by atoms with E-state index in [0.717, 1.165) is 31.9 Å². The molecule has 128 valence electrons. The highest BCUT2D eigenvalue weighted by Gasteiger charge is 2.38. The second kappa shape index (κ2) is 7.18. The molecule has 0 spiro atoms. The van der Waals surface area contributed by atoms with Gasteiger partial charge in [0, 0.05) is 31.9 Å². The number of anilines is 1. The minimum absolute atomic E-state index is 0.116. The molecular formula is C18H28N2O3. The molecule has 2 atom stereocenters. The van der Waals surface area contributed by atoms with Crippen molar-refractivity contribution in [3.8, 4) is 0 Å². The van der Waals surface area contributed by atoms with Crippen LogP contribution in [0, 0.1) is 5.41 Å². The summed E-state index contributed by atoms with van der Waals surface area (Å²) in [7, 11) is 0. The zero-order valence-electron chi connectivity index (χ0n) is 14.1. The topological polar surface area (TPSA) is 54.0 Å². The lowest BCUT2D eigenvalue weighted by Gasteiger charge is -2.40. The van der Waals surface area contributed by atoms with E-state index in [4.69, 9.17) is 9.47 Å². The number of rotatable bonds is 6. The predicted molar refractivity (Wildman–Crippen MR) is 90.6 cm³/mol. The molecular weight excluding hydrogens is 292 g/mol. The average molecular weight is 320 g/mol. The molecule has 1 aromatic rings.